The van der Waals surface area contributed by atoms with Gasteiger partial charge in [0.15, 0.2) is 0 Å². The number of rotatable bonds is 5. The Balaban J connectivity index is 2.27. The van der Waals surface area contributed by atoms with Crippen molar-refractivity contribution in [3.8, 4) is 0 Å². The van der Waals surface area contributed by atoms with Crippen LogP contribution in [0.3, 0.4) is 0 Å². The van der Waals surface area contributed by atoms with Crippen LogP contribution in [0.1, 0.15) is 16.8 Å². The number of H-pyrrole nitrogens is 1. The van der Waals surface area contributed by atoms with E-state index in [1.807, 2.05) is 12.1 Å². The van der Waals surface area contributed by atoms with Crippen LogP contribution in [0.15, 0.2) is 41.2 Å². The first-order valence-corrected chi connectivity index (χ1v) is 8.85. The SMILES string of the molecule is CN/C(=C(\C=N)c1ccc2c(=O)[nH]nc(CN)c2c1)c1ccc(Cl)c(Cl)c1. The van der Waals surface area contributed by atoms with Crippen LogP contribution in [0, 0.1) is 5.41 Å². The van der Waals surface area contributed by atoms with Crippen molar-refractivity contribution in [3.63, 3.8) is 0 Å². The second kappa shape index (κ2) is 7.92. The third-order valence-corrected chi connectivity index (χ3v) is 4.98. The third-order valence-electron chi connectivity index (χ3n) is 4.24. The van der Waals surface area contributed by atoms with E-state index in [4.69, 9.17) is 34.3 Å². The highest BCUT2D eigenvalue weighted by atomic mass is 35.5. The number of nitrogens with two attached hydrogens (primary N) is 1. The van der Waals surface area contributed by atoms with Gasteiger partial charge >= 0.3 is 0 Å². The molecule has 1 heterocycles. The molecule has 0 radical (unpaired) electrons. The molecule has 5 N–H and O–H groups in total. The lowest BCUT2D eigenvalue weighted by Gasteiger charge is -2.14. The predicted octanol–water partition coefficient (Wildman–Crippen LogP) is 3.43. The zero-order valence-electron chi connectivity index (χ0n) is 14.4. The zero-order valence-corrected chi connectivity index (χ0v) is 15.9. The summed E-state index contributed by atoms with van der Waals surface area (Å²) in [5.74, 6) is 0. The van der Waals surface area contributed by atoms with Gasteiger partial charge in [-0.25, -0.2) is 5.10 Å². The second-order valence-electron chi connectivity index (χ2n) is 5.78. The Bertz CT molecular complexity index is 1120. The molecule has 0 saturated heterocycles. The molecule has 1 aromatic heterocycles. The Kier molecular flexibility index (Phi) is 5.60. The van der Waals surface area contributed by atoms with Crippen LogP contribution < -0.4 is 16.6 Å². The van der Waals surface area contributed by atoms with Crippen LogP contribution in [-0.2, 0) is 6.54 Å². The average molecular weight is 402 g/mol. The number of hydrogen-bond donors (Lipinski definition) is 4. The van der Waals surface area contributed by atoms with Crippen molar-refractivity contribution in [2.45, 2.75) is 6.54 Å². The Morgan fingerprint density at radius 1 is 1.19 bits per heavy atom. The summed E-state index contributed by atoms with van der Waals surface area (Å²) >= 11 is 12.2. The quantitative estimate of drug-likeness (QED) is 0.387. The molecule has 27 heavy (non-hydrogen) atoms. The molecule has 0 bridgehead atoms. The van der Waals surface area contributed by atoms with Crippen molar-refractivity contribution >= 4 is 51.5 Å². The summed E-state index contributed by atoms with van der Waals surface area (Å²) in [5, 5.41) is 19.5. The van der Waals surface area contributed by atoms with Crippen molar-refractivity contribution in [2.24, 2.45) is 5.73 Å². The highest BCUT2D eigenvalue weighted by Gasteiger charge is 2.13. The van der Waals surface area contributed by atoms with Crippen LogP contribution in [0.2, 0.25) is 10.0 Å². The van der Waals surface area contributed by atoms with Crippen molar-refractivity contribution in [2.75, 3.05) is 7.05 Å². The summed E-state index contributed by atoms with van der Waals surface area (Å²) in [4.78, 5) is 12.0. The maximum Gasteiger partial charge on any atom is 0.272 e. The summed E-state index contributed by atoms with van der Waals surface area (Å²) in [5.41, 5.74) is 8.91. The minimum Gasteiger partial charge on any atom is -0.387 e. The number of hydrogen-bond acceptors (Lipinski definition) is 5. The van der Waals surface area contributed by atoms with E-state index in [0.717, 1.165) is 11.1 Å². The summed E-state index contributed by atoms with van der Waals surface area (Å²) in [7, 11) is 1.76. The first kappa shape index (κ1) is 19.1. The van der Waals surface area contributed by atoms with Gasteiger partial charge in [-0.05, 0) is 35.4 Å². The molecule has 6 nitrogen and oxygen atoms in total. The van der Waals surface area contributed by atoms with Gasteiger partial charge in [-0.1, -0.05) is 35.3 Å². The average Bonchev–Trinajstić information content (AvgIpc) is 2.68. The Hall–Kier alpha value is -2.67. The van der Waals surface area contributed by atoms with Gasteiger partial charge in [0.25, 0.3) is 5.56 Å². The van der Waals surface area contributed by atoms with E-state index in [1.54, 1.807) is 31.3 Å². The standard InChI is InChI=1S/C19H17Cl2N5O/c1-24-18(11-3-5-15(20)16(21)7-11)14(8-22)10-2-4-12-13(6-10)17(9-23)25-26-19(12)27/h2-8,22,24H,9,23H2,1H3,(H,26,27)/b18-14+,22-8?. The molecule has 3 rings (SSSR count). The normalized spacial score (nSPS) is 12.0. The molecule has 8 heteroatoms. The van der Waals surface area contributed by atoms with Crippen molar-refractivity contribution in [1.29, 1.82) is 5.41 Å². The minimum absolute atomic E-state index is 0.187. The second-order valence-corrected chi connectivity index (χ2v) is 6.59. The topological polar surface area (TPSA) is 108 Å². The van der Waals surface area contributed by atoms with Gasteiger partial charge in [-0.15, -0.1) is 0 Å². The number of allylic oxidation sites excluding steroid dienone is 1. The number of benzene rings is 2. The fraction of sp³-hybridized carbons (Fsp3) is 0.105. The molecule has 0 aliphatic rings. The molecule has 0 atom stereocenters. The van der Waals surface area contributed by atoms with Crippen LogP contribution in [0.4, 0.5) is 0 Å². The molecular formula is C19H17Cl2N5O. The molecule has 2 aromatic carbocycles. The highest BCUT2D eigenvalue weighted by molar-refractivity contribution is 6.42. The van der Waals surface area contributed by atoms with Crippen LogP contribution in [0.5, 0.6) is 0 Å². The van der Waals surface area contributed by atoms with Gasteiger partial charge < -0.3 is 16.5 Å². The predicted molar refractivity (Wildman–Crippen MR) is 111 cm³/mol. The summed E-state index contributed by atoms with van der Waals surface area (Å²) < 4.78 is 0. The van der Waals surface area contributed by atoms with E-state index >= 15 is 0 Å². The summed E-state index contributed by atoms with van der Waals surface area (Å²) in [6, 6.07) is 10.6. The van der Waals surface area contributed by atoms with Crippen molar-refractivity contribution < 1.29 is 0 Å². The van der Waals surface area contributed by atoms with Crippen molar-refractivity contribution in [1.82, 2.24) is 15.5 Å². The van der Waals surface area contributed by atoms with E-state index in [-0.39, 0.29) is 12.1 Å². The van der Waals surface area contributed by atoms with Gasteiger partial charge in [0.2, 0.25) is 0 Å². The lowest BCUT2D eigenvalue weighted by Crippen LogP contribution is -2.14. The number of halogens is 2. The lowest BCUT2D eigenvalue weighted by atomic mass is 9.97. The van der Waals surface area contributed by atoms with Gasteiger partial charge in [0.1, 0.15) is 0 Å². The molecule has 3 aromatic rings. The number of aromatic amines is 1. The molecular weight excluding hydrogens is 385 g/mol. The number of nitrogens with zero attached hydrogens (tertiary/aromatic N) is 1. The fourth-order valence-corrected chi connectivity index (χ4v) is 3.23. The van der Waals surface area contributed by atoms with Gasteiger partial charge in [-0.2, -0.15) is 5.10 Å². The fourth-order valence-electron chi connectivity index (χ4n) is 2.93. The lowest BCUT2D eigenvalue weighted by molar-refractivity contribution is 0.900. The maximum atomic E-state index is 12.0. The van der Waals surface area contributed by atoms with Crippen LogP contribution in [0.25, 0.3) is 22.0 Å². The molecule has 138 valence electrons. The first-order chi connectivity index (χ1) is 13.0. The van der Waals surface area contributed by atoms with E-state index in [1.165, 1.54) is 6.21 Å². The Labute approximate surface area is 165 Å². The first-order valence-electron chi connectivity index (χ1n) is 8.09. The molecule has 0 saturated carbocycles. The number of fused-ring (bicyclic) bond motifs is 1. The van der Waals surface area contributed by atoms with E-state index in [2.05, 4.69) is 15.5 Å². The smallest absolute Gasteiger partial charge is 0.272 e. The molecule has 0 unspecified atom stereocenters. The van der Waals surface area contributed by atoms with Crippen molar-refractivity contribution in [3.05, 3.63) is 73.6 Å². The van der Waals surface area contributed by atoms with Crippen LogP contribution in [-0.4, -0.2) is 23.5 Å². The number of aromatic nitrogens is 2. The van der Waals surface area contributed by atoms with E-state index in [0.29, 0.717) is 37.8 Å². The molecule has 0 spiro atoms. The molecule has 0 aliphatic heterocycles. The minimum atomic E-state index is -0.285. The van der Waals surface area contributed by atoms with E-state index in [9.17, 15) is 4.79 Å². The zero-order chi connectivity index (χ0) is 19.6. The van der Waals surface area contributed by atoms with E-state index < -0.39 is 0 Å². The maximum absolute atomic E-state index is 12.0. The molecule has 0 amide bonds. The van der Waals surface area contributed by atoms with Gasteiger partial charge in [-0.3, -0.25) is 4.79 Å². The largest absolute Gasteiger partial charge is 0.387 e. The Morgan fingerprint density at radius 2 is 1.93 bits per heavy atom. The molecule has 0 fully saturated rings. The molecule has 0 aliphatic carbocycles. The monoisotopic (exact) mass is 401 g/mol. The van der Waals surface area contributed by atoms with Gasteiger partial charge in [0, 0.05) is 30.8 Å². The highest BCUT2D eigenvalue weighted by Crippen LogP contribution is 2.30. The third kappa shape index (κ3) is 3.60. The summed E-state index contributed by atoms with van der Waals surface area (Å²) in [6.07, 6.45) is 1.25. The van der Waals surface area contributed by atoms with Crippen LogP contribution >= 0.6 is 23.2 Å². The number of nitrogens with one attached hydrogen (secondary N) is 3. The summed E-state index contributed by atoms with van der Waals surface area (Å²) in [6.45, 7) is 0.187. The Morgan fingerprint density at radius 3 is 2.56 bits per heavy atom. The van der Waals surface area contributed by atoms with Gasteiger partial charge in [0.05, 0.1) is 26.8 Å².